The van der Waals surface area contributed by atoms with E-state index in [1.807, 2.05) is 13.8 Å². The number of rotatable bonds is 4. The van der Waals surface area contributed by atoms with Crippen LogP contribution in [0.5, 0.6) is 6.01 Å². The fourth-order valence-electron chi connectivity index (χ4n) is 2.65. The number of nitrogens with zero attached hydrogens (tertiary/aromatic N) is 3. The maximum Gasteiger partial charge on any atom is 0.323 e. The van der Waals surface area contributed by atoms with Crippen molar-refractivity contribution >= 4 is 11.9 Å². The van der Waals surface area contributed by atoms with Crippen molar-refractivity contribution in [2.45, 2.75) is 59.1 Å². The Balaban J connectivity index is 2.10. The lowest BCUT2D eigenvalue weighted by molar-refractivity contribution is 0.221. The van der Waals surface area contributed by atoms with Gasteiger partial charge in [0.2, 0.25) is 11.9 Å². The molecule has 6 heteroatoms. The van der Waals surface area contributed by atoms with Crippen molar-refractivity contribution in [3.05, 3.63) is 0 Å². The van der Waals surface area contributed by atoms with Crippen molar-refractivity contribution in [3.8, 4) is 6.01 Å². The molecular weight excluding hydrogens is 254 g/mol. The molecule has 3 unspecified atom stereocenters. The Morgan fingerprint density at radius 2 is 1.95 bits per heavy atom. The first-order valence-corrected chi connectivity index (χ1v) is 7.40. The maximum absolute atomic E-state index is 5.72. The van der Waals surface area contributed by atoms with Crippen molar-refractivity contribution in [1.82, 2.24) is 15.0 Å². The van der Waals surface area contributed by atoms with Crippen LogP contribution in [0.2, 0.25) is 0 Å². The van der Waals surface area contributed by atoms with Gasteiger partial charge < -0.3 is 15.8 Å². The van der Waals surface area contributed by atoms with Gasteiger partial charge in [0.15, 0.2) is 0 Å². The van der Waals surface area contributed by atoms with Gasteiger partial charge in [0.25, 0.3) is 0 Å². The smallest absolute Gasteiger partial charge is 0.323 e. The van der Waals surface area contributed by atoms with E-state index in [4.69, 9.17) is 10.5 Å². The van der Waals surface area contributed by atoms with Crippen LogP contribution in [-0.4, -0.2) is 27.1 Å². The van der Waals surface area contributed by atoms with E-state index >= 15 is 0 Å². The molecule has 1 fully saturated rings. The van der Waals surface area contributed by atoms with Crippen LogP contribution in [0.1, 0.15) is 47.0 Å². The van der Waals surface area contributed by atoms with Crippen molar-refractivity contribution in [3.63, 3.8) is 0 Å². The molecule has 1 aliphatic rings. The summed E-state index contributed by atoms with van der Waals surface area (Å²) >= 11 is 0. The summed E-state index contributed by atoms with van der Waals surface area (Å²) in [4.78, 5) is 12.4. The second-order valence-corrected chi connectivity index (χ2v) is 5.98. The third-order valence-electron chi connectivity index (χ3n) is 3.99. The van der Waals surface area contributed by atoms with Gasteiger partial charge in [-0.05, 0) is 32.1 Å². The molecule has 3 N–H and O–H groups in total. The lowest BCUT2D eigenvalue weighted by Crippen LogP contribution is -2.35. The molecule has 6 nitrogen and oxygen atoms in total. The zero-order valence-corrected chi connectivity index (χ0v) is 12.8. The fourth-order valence-corrected chi connectivity index (χ4v) is 2.65. The van der Waals surface area contributed by atoms with E-state index in [-0.39, 0.29) is 18.1 Å². The molecule has 0 saturated heterocycles. The van der Waals surface area contributed by atoms with Crippen LogP contribution in [-0.2, 0) is 0 Å². The Kier molecular flexibility index (Phi) is 4.62. The summed E-state index contributed by atoms with van der Waals surface area (Å²) < 4.78 is 5.49. The average molecular weight is 279 g/mol. The number of nitrogens with one attached hydrogen (secondary N) is 1. The van der Waals surface area contributed by atoms with Crippen LogP contribution < -0.4 is 15.8 Å². The van der Waals surface area contributed by atoms with E-state index in [1.54, 1.807) is 0 Å². The quantitative estimate of drug-likeness (QED) is 0.880. The molecule has 1 saturated carbocycles. The molecule has 1 aromatic rings. The summed E-state index contributed by atoms with van der Waals surface area (Å²) in [5.74, 6) is 2.01. The standard InChI is InChI=1S/C14H25N5O/c1-8(2)20-14-18-12(15)17-13(19-14)16-11-7-5-6-9(3)10(11)4/h8-11H,5-7H2,1-4H3,(H3,15,16,17,18,19). The van der Waals surface area contributed by atoms with Gasteiger partial charge >= 0.3 is 6.01 Å². The molecule has 20 heavy (non-hydrogen) atoms. The number of hydrogen-bond acceptors (Lipinski definition) is 6. The van der Waals surface area contributed by atoms with Gasteiger partial charge in [-0.3, -0.25) is 0 Å². The molecule has 3 atom stereocenters. The minimum absolute atomic E-state index is 0.0123. The molecule has 0 radical (unpaired) electrons. The first kappa shape index (κ1) is 14.8. The molecule has 0 bridgehead atoms. The molecule has 1 aliphatic carbocycles. The van der Waals surface area contributed by atoms with Crippen LogP contribution in [0.15, 0.2) is 0 Å². The monoisotopic (exact) mass is 279 g/mol. The topological polar surface area (TPSA) is 86.0 Å². The highest BCUT2D eigenvalue weighted by Gasteiger charge is 2.27. The third-order valence-corrected chi connectivity index (χ3v) is 3.99. The lowest BCUT2D eigenvalue weighted by Gasteiger charge is -2.34. The van der Waals surface area contributed by atoms with Gasteiger partial charge in [-0.15, -0.1) is 0 Å². The highest BCUT2D eigenvalue weighted by molar-refractivity contribution is 5.34. The van der Waals surface area contributed by atoms with Gasteiger partial charge in [0, 0.05) is 6.04 Å². The van der Waals surface area contributed by atoms with Gasteiger partial charge in [-0.2, -0.15) is 15.0 Å². The highest BCUT2D eigenvalue weighted by Crippen LogP contribution is 2.31. The first-order chi connectivity index (χ1) is 9.45. The van der Waals surface area contributed by atoms with Crippen LogP contribution in [0.25, 0.3) is 0 Å². The summed E-state index contributed by atoms with van der Waals surface area (Å²) in [5.41, 5.74) is 5.72. The minimum atomic E-state index is 0.0123. The zero-order valence-electron chi connectivity index (χ0n) is 12.8. The number of anilines is 2. The Labute approximate surface area is 120 Å². The van der Waals surface area contributed by atoms with Gasteiger partial charge in [-0.25, -0.2) is 0 Å². The van der Waals surface area contributed by atoms with Crippen LogP contribution >= 0.6 is 0 Å². The van der Waals surface area contributed by atoms with E-state index in [0.717, 1.165) is 6.42 Å². The predicted molar refractivity (Wildman–Crippen MR) is 79.6 cm³/mol. The van der Waals surface area contributed by atoms with E-state index < -0.39 is 0 Å². The molecule has 1 heterocycles. The van der Waals surface area contributed by atoms with Crippen LogP contribution in [0.4, 0.5) is 11.9 Å². The molecule has 0 aromatic carbocycles. The summed E-state index contributed by atoms with van der Waals surface area (Å²) in [6.45, 7) is 8.43. The Hall–Kier alpha value is -1.59. The normalized spacial score (nSPS) is 26.6. The number of aromatic nitrogens is 3. The Morgan fingerprint density at radius 3 is 2.65 bits per heavy atom. The predicted octanol–water partition coefficient (Wildman–Crippen LogP) is 2.48. The van der Waals surface area contributed by atoms with Gasteiger partial charge in [0.1, 0.15) is 0 Å². The average Bonchev–Trinajstić information content (AvgIpc) is 2.33. The van der Waals surface area contributed by atoms with Crippen molar-refractivity contribution in [1.29, 1.82) is 0 Å². The summed E-state index contributed by atoms with van der Waals surface area (Å²) in [5, 5.41) is 3.39. The summed E-state index contributed by atoms with van der Waals surface area (Å²) in [6, 6.07) is 0.666. The van der Waals surface area contributed by atoms with E-state index in [2.05, 4.69) is 34.1 Å². The number of hydrogen-bond donors (Lipinski definition) is 2. The number of nitrogens with two attached hydrogens (primary N) is 1. The van der Waals surface area contributed by atoms with Crippen LogP contribution in [0, 0.1) is 11.8 Å². The van der Waals surface area contributed by atoms with Gasteiger partial charge in [-0.1, -0.05) is 26.7 Å². The number of ether oxygens (including phenoxy) is 1. The van der Waals surface area contributed by atoms with E-state index in [1.165, 1.54) is 12.8 Å². The van der Waals surface area contributed by atoms with E-state index in [9.17, 15) is 0 Å². The second kappa shape index (κ2) is 6.24. The fraction of sp³-hybridized carbons (Fsp3) is 0.786. The van der Waals surface area contributed by atoms with E-state index in [0.29, 0.717) is 23.8 Å². The molecule has 1 aromatic heterocycles. The molecule has 0 amide bonds. The Bertz CT molecular complexity index is 451. The maximum atomic E-state index is 5.72. The molecule has 0 aliphatic heterocycles. The molecule has 112 valence electrons. The highest BCUT2D eigenvalue weighted by atomic mass is 16.5. The minimum Gasteiger partial charge on any atom is -0.461 e. The summed E-state index contributed by atoms with van der Waals surface area (Å²) in [6.07, 6.45) is 3.68. The first-order valence-electron chi connectivity index (χ1n) is 7.40. The largest absolute Gasteiger partial charge is 0.461 e. The second-order valence-electron chi connectivity index (χ2n) is 5.98. The zero-order chi connectivity index (χ0) is 14.7. The summed E-state index contributed by atoms with van der Waals surface area (Å²) in [7, 11) is 0. The lowest BCUT2D eigenvalue weighted by atomic mass is 9.78. The molecular formula is C14H25N5O. The SMILES string of the molecule is CC(C)Oc1nc(N)nc(NC2CCCC(C)C2C)n1. The van der Waals surface area contributed by atoms with Gasteiger partial charge in [0.05, 0.1) is 6.10 Å². The van der Waals surface area contributed by atoms with Crippen molar-refractivity contribution < 1.29 is 4.74 Å². The van der Waals surface area contributed by atoms with Crippen molar-refractivity contribution in [2.24, 2.45) is 11.8 Å². The van der Waals surface area contributed by atoms with Crippen molar-refractivity contribution in [2.75, 3.05) is 11.1 Å². The number of nitrogen functional groups attached to an aromatic ring is 1. The molecule has 0 spiro atoms. The Morgan fingerprint density at radius 1 is 1.20 bits per heavy atom. The van der Waals surface area contributed by atoms with Crippen LogP contribution in [0.3, 0.4) is 0 Å². The molecule has 2 rings (SSSR count). The third kappa shape index (κ3) is 3.71.